The topological polar surface area (TPSA) is 72.2 Å². The van der Waals surface area contributed by atoms with Crippen LogP contribution in [0.25, 0.3) is 16.6 Å². The van der Waals surface area contributed by atoms with Crippen molar-refractivity contribution in [2.24, 2.45) is 0 Å². The minimum Gasteiger partial charge on any atom is -0.478 e. The van der Waals surface area contributed by atoms with E-state index in [9.17, 15) is 19.1 Å². The summed E-state index contributed by atoms with van der Waals surface area (Å²) in [6, 6.07) is 7.13. The van der Waals surface area contributed by atoms with Crippen LogP contribution in [0.1, 0.15) is 27.3 Å². The maximum absolute atomic E-state index is 13.1. The van der Waals surface area contributed by atoms with Crippen LogP contribution in [-0.4, -0.2) is 20.6 Å². The molecule has 3 aromatic rings. The first kappa shape index (κ1) is 15.9. The van der Waals surface area contributed by atoms with Crippen molar-refractivity contribution in [3.63, 3.8) is 0 Å². The number of hydrogen-bond acceptors (Lipinski definition) is 3. The first-order valence-electron chi connectivity index (χ1n) is 7.34. The number of benzene rings is 2. The number of halogens is 1. The highest BCUT2D eigenvalue weighted by Gasteiger charge is 2.20. The Hall–Kier alpha value is -3.02. The molecule has 2 aromatic carbocycles. The van der Waals surface area contributed by atoms with Crippen molar-refractivity contribution in [1.82, 2.24) is 9.55 Å². The van der Waals surface area contributed by atoms with E-state index in [1.165, 1.54) is 28.8 Å². The van der Waals surface area contributed by atoms with Crippen LogP contribution in [0.3, 0.4) is 0 Å². The Labute approximate surface area is 137 Å². The molecule has 0 aliphatic carbocycles. The Morgan fingerprint density at radius 2 is 1.79 bits per heavy atom. The van der Waals surface area contributed by atoms with Gasteiger partial charge in [0.15, 0.2) is 0 Å². The van der Waals surface area contributed by atoms with Crippen molar-refractivity contribution in [2.75, 3.05) is 0 Å². The lowest BCUT2D eigenvalue weighted by Crippen LogP contribution is -2.23. The van der Waals surface area contributed by atoms with Crippen LogP contribution in [0.15, 0.2) is 35.1 Å². The highest BCUT2D eigenvalue weighted by molar-refractivity contribution is 6.03. The van der Waals surface area contributed by atoms with Crippen LogP contribution < -0.4 is 5.56 Å². The maximum Gasteiger partial charge on any atom is 0.338 e. The van der Waals surface area contributed by atoms with E-state index < -0.39 is 11.8 Å². The van der Waals surface area contributed by atoms with Gasteiger partial charge in [-0.3, -0.25) is 9.36 Å². The third-order valence-corrected chi connectivity index (χ3v) is 4.15. The maximum atomic E-state index is 13.1. The van der Waals surface area contributed by atoms with E-state index in [4.69, 9.17) is 0 Å². The molecule has 1 heterocycles. The fourth-order valence-corrected chi connectivity index (χ4v) is 2.82. The molecule has 0 radical (unpaired) electrons. The highest BCUT2D eigenvalue weighted by Crippen LogP contribution is 2.23. The summed E-state index contributed by atoms with van der Waals surface area (Å²) in [6.07, 6.45) is 0. The molecule has 24 heavy (non-hydrogen) atoms. The Morgan fingerprint density at radius 3 is 2.38 bits per heavy atom. The molecule has 5 nitrogen and oxygen atoms in total. The molecule has 1 aromatic heterocycles. The standard InChI is InChI=1S/C18H15FN2O3/c1-9-8-14-16(15(10(9)2)18(23)24)20-11(3)21(17(14)22)13-6-4-12(19)5-7-13/h4-8H,1-3H3,(H,23,24). The number of carboxylic acids is 1. The SMILES string of the molecule is Cc1cc2c(=O)n(-c3ccc(F)cc3)c(C)nc2c(C(=O)O)c1C. The fraction of sp³-hybridized carbons (Fsp3) is 0.167. The number of aromatic carboxylic acids is 1. The minimum atomic E-state index is -1.12. The van der Waals surface area contributed by atoms with Gasteiger partial charge in [-0.05, 0) is 62.2 Å². The summed E-state index contributed by atoms with van der Waals surface area (Å²) in [5, 5.41) is 9.72. The van der Waals surface area contributed by atoms with E-state index in [0.29, 0.717) is 22.6 Å². The molecule has 6 heteroatoms. The first-order valence-corrected chi connectivity index (χ1v) is 7.34. The molecule has 0 aliphatic rings. The van der Waals surface area contributed by atoms with Gasteiger partial charge in [-0.15, -0.1) is 0 Å². The van der Waals surface area contributed by atoms with Crippen LogP contribution in [0.4, 0.5) is 4.39 Å². The normalized spacial score (nSPS) is 11.0. The lowest BCUT2D eigenvalue weighted by atomic mass is 9.99. The van der Waals surface area contributed by atoms with Gasteiger partial charge in [0.05, 0.1) is 22.2 Å². The zero-order chi connectivity index (χ0) is 17.6. The number of hydrogen-bond donors (Lipinski definition) is 1. The summed E-state index contributed by atoms with van der Waals surface area (Å²) in [6.45, 7) is 5.06. The summed E-state index contributed by atoms with van der Waals surface area (Å²) >= 11 is 0. The number of nitrogens with zero attached hydrogens (tertiary/aromatic N) is 2. The quantitative estimate of drug-likeness (QED) is 0.785. The largest absolute Gasteiger partial charge is 0.478 e. The van der Waals surface area contributed by atoms with E-state index in [0.717, 1.165) is 0 Å². The molecule has 0 bridgehead atoms. The summed E-state index contributed by atoms with van der Waals surface area (Å²) in [5.74, 6) is -1.19. The van der Waals surface area contributed by atoms with E-state index >= 15 is 0 Å². The smallest absolute Gasteiger partial charge is 0.338 e. The summed E-state index contributed by atoms with van der Waals surface area (Å²) < 4.78 is 14.5. The average molecular weight is 326 g/mol. The molecule has 1 N–H and O–H groups in total. The van der Waals surface area contributed by atoms with Crippen molar-refractivity contribution in [3.8, 4) is 5.69 Å². The van der Waals surface area contributed by atoms with Crippen LogP contribution in [0.2, 0.25) is 0 Å². The van der Waals surface area contributed by atoms with Gasteiger partial charge in [0.25, 0.3) is 5.56 Å². The molecule has 0 spiro atoms. The number of aromatic nitrogens is 2. The van der Waals surface area contributed by atoms with Gasteiger partial charge in [0.1, 0.15) is 11.6 Å². The number of carbonyl (C=O) groups is 1. The van der Waals surface area contributed by atoms with Crippen LogP contribution in [0.5, 0.6) is 0 Å². The predicted molar refractivity (Wildman–Crippen MR) is 88.5 cm³/mol. The van der Waals surface area contributed by atoms with E-state index in [-0.39, 0.29) is 22.0 Å². The summed E-state index contributed by atoms with van der Waals surface area (Å²) in [5.41, 5.74) is 1.59. The lowest BCUT2D eigenvalue weighted by Gasteiger charge is -2.14. The van der Waals surface area contributed by atoms with Crippen molar-refractivity contribution >= 4 is 16.9 Å². The molecule has 0 atom stereocenters. The molecule has 3 rings (SSSR count). The van der Waals surface area contributed by atoms with E-state index in [1.807, 2.05) is 0 Å². The van der Waals surface area contributed by atoms with E-state index in [2.05, 4.69) is 4.98 Å². The fourth-order valence-electron chi connectivity index (χ4n) is 2.82. The molecule has 0 unspecified atom stereocenters. The van der Waals surface area contributed by atoms with Crippen LogP contribution in [0, 0.1) is 26.6 Å². The van der Waals surface area contributed by atoms with Crippen molar-refractivity contribution in [2.45, 2.75) is 20.8 Å². The zero-order valence-electron chi connectivity index (χ0n) is 13.4. The first-order chi connectivity index (χ1) is 11.3. The minimum absolute atomic E-state index is 0.0384. The molecule has 0 saturated heterocycles. The second-order valence-corrected chi connectivity index (χ2v) is 5.67. The van der Waals surface area contributed by atoms with Crippen molar-refractivity contribution in [1.29, 1.82) is 0 Å². The third-order valence-electron chi connectivity index (χ3n) is 4.15. The van der Waals surface area contributed by atoms with Gasteiger partial charge in [0, 0.05) is 0 Å². The second kappa shape index (κ2) is 5.56. The number of carboxylic acid groups (broad SMARTS) is 1. The van der Waals surface area contributed by atoms with Crippen LogP contribution in [-0.2, 0) is 0 Å². The second-order valence-electron chi connectivity index (χ2n) is 5.67. The summed E-state index contributed by atoms with van der Waals surface area (Å²) in [7, 11) is 0. The van der Waals surface area contributed by atoms with E-state index in [1.54, 1.807) is 26.8 Å². The Balaban J connectivity index is 2.44. The molecule has 122 valence electrons. The zero-order valence-corrected chi connectivity index (χ0v) is 13.4. The molecule has 0 amide bonds. The predicted octanol–water partition coefficient (Wildman–Crippen LogP) is 3.15. The molecular weight excluding hydrogens is 311 g/mol. The number of aryl methyl sites for hydroxylation is 2. The highest BCUT2D eigenvalue weighted by atomic mass is 19.1. The average Bonchev–Trinajstić information content (AvgIpc) is 2.51. The molecule has 0 aliphatic heterocycles. The molecule has 0 fully saturated rings. The number of fused-ring (bicyclic) bond motifs is 1. The summed E-state index contributed by atoms with van der Waals surface area (Å²) in [4.78, 5) is 28.9. The van der Waals surface area contributed by atoms with Gasteiger partial charge >= 0.3 is 5.97 Å². The Bertz CT molecular complexity index is 1040. The number of rotatable bonds is 2. The monoisotopic (exact) mass is 326 g/mol. The van der Waals surface area contributed by atoms with Gasteiger partial charge in [-0.1, -0.05) is 0 Å². The third kappa shape index (κ3) is 2.36. The Kier molecular flexibility index (Phi) is 3.67. The lowest BCUT2D eigenvalue weighted by molar-refractivity contribution is 0.0698. The van der Waals surface area contributed by atoms with Gasteiger partial charge in [-0.2, -0.15) is 0 Å². The van der Waals surface area contributed by atoms with Crippen LogP contribution >= 0.6 is 0 Å². The van der Waals surface area contributed by atoms with Crippen molar-refractivity contribution < 1.29 is 14.3 Å². The van der Waals surface area contributed by atoms with Gasteiger partial charge in [-0.25, -0.2) is 14.2 Å². The van der Waals surface area contributed by atoms with Gasteiger partial charge in [0.2, 0.25) is 0 Å². The van der Waals surface area contributed by atoms with Gasteiger partial charge < -0.3 is 5.11 Å². The molecular formula is C18H15FN2O3. The molecule has 0 saturated carbocycles. The van der Waals surface area contributed by atoms with Crippen molar-refractivity contribution in [3.05, 3.63) is 69.0 Å². The Morgan fingerprint density at radius 1 is 1.17 bits per heavy atom.